The van der Waals surface area contributed by atoms with Crippen molar-refractivity contribution >= 4 is 47.8 Å². The second-order valence-electron chi connectivity index (χ2n) is 5.21. The molecule has 0 radical (unpaired) electrons. The minimum absolute atomic E-state index is 0.429. The SMILES string of the molecule is Brc1c(OCc2ccccc2)nc(OCc2ccccc2)c(Br)c1Br. The Labute approximate surface area is 171 Å². The fraction of sp³-hybridized carbons (Fsp3) is 0.105. The van der Waals surface area contributed by atoms with E-state index in [9.17, 15) is 0 Å². The van der Waals surface area contributed by atoms with E-state index in [2.05, 4.69) is 52.8 Å². The van der Waals surface area contributed by atoms with Gasteiger partial charge in [-0.15, -0.1) is 0 Å². The van der Waals surface area contributed by atoms with Gasteiger partial charge in [0.15, 0.2) is 0 Å². The van der Waals surface area contributed by atoms with Crippen molar-refractivity contribution in [2.45, 2.75) is 13.2 Å². The molecular formula is C19H14Br3NO2. The summed E-state index contributed by atoms with van der Waals surface area (Å²) in [5, 5.41) is 0. The first-order chi connectivity index (χ1) is 12.1. The lowest BCUT2D eigenvalue weighted by molar-refractivity contribution is 0.264. The van der Waals surface area contributed by atoms with Gasteiger partial charge in [0.2, 0.25) is 11.8 Å². The normalized spacial score (nSPS) is 10.5. The molecule has 0 amide bonds. The van der Waals surface area contributed by atoms with Gasteiger partial charge in [0, 0.05) is 0 Å². The summed E-state index contributed by atoms with van der Waals surface area (Å²) in [4.78, 5) is 4.49. The number of pyridine rings is 1. The second kappa shape index (κ2) is 8.83. The van der Waals surface area contributed by atoms with Gasteiger partial charge >= 0.3 is 0 Å². The number of rotatable bonds is 6. The van der Waals surface area contributed by atoms with E-state index in [1.165, 1.54) is 0 Å². The van der Waals surface area contributed by atoms with Crippen LogP contribution >= 0.6 is 47.8 Å². The average Bonchev–Trinajstić information content (AvgIpc) is 2.66. The molecule has 0 N–H and O–H groups in total. The summed E-state index contributed by atoms with van der Waals surface area (Å²) >= 11 is 10.6. The summed E-state index contributed by atoms with van der Waals surface area (Å²) in [6, 6.07) is 19.9. The zero-order chi connectivity index (χ0) is 17.6. The highest BCUT2D eigenvalue weighted by molar-refractivity contribution is 9.14. The maximum Gasteiger partial charge on any atom is 0.232 e. The van der Waals surface area contributed by atoms with Crippen molar-refractivity contribution in [1.82, 2.24) is 4.98 Å². The van der Waals surface area contributed by atoms with Crippen molar-refractivity contribution in [1.29, 1.82) is 0 Å². The first-order valence-corrected chi connectivity index (χ1v) is 9.91. The van der Waals surface area contributed by atoms with Crippen molar-refractivity contribution < 1.29 is 9.47 Å². The highest BCUT2D eigenvalue weighted by Gasteiger charge is 2.17. The molecule has 0 aliphatic carbocycles. The molecule has 0 fully saturated rings. The summed E-state index contributed by atoms with van der Waals surface area (Å²) in [6.07, 6.45) is 0. The number of aromatic nitrogens is 1. The Kier molecular flexibility index (Phi) is 6.51. The predicted molar refractivity (Wildman–Crippen MR) is 109 cm³/mol. The zero-order valence-electron chi connectivity index (χ0n) is 13.1. The van der Waals surface area contributed by atoms with Crippen LogP contribution in [0.3, 0.4) is 0 Å². The maximum atomic E-state index is 5.86. The Morgan fingerprint density at radius 2 is 1.00 bits per heavy atom. The van der Waals surface area contributed by atoms with Crippen molar-refractivity contribution in [3.63, 3.8) is 0 Å². The Hall–Kier alpha value is -1.37. The molecule has 0 saturated carbocycles. The van der Waals surface area contributed by atoms with E-state index >= 15 is 0 Å². The Morgan fingerprint density at radius 1 is 0.600 bits per heavy atom. The van der Waals surface area contributed by atoms with Gasteiger partial charge in [0.25, 0.3) is 0 Å². The van der Waals surface area contributed by atoms with Crippen LogP contribution in [0.4, 0.5) is 0 Å². The molecule has 0 saturated heterocycles. The lowest BCUT2D eigenvalue weighted by atomic mass is 10.2. The number of halogens is 3. The fourth-order valence-electron chi connectivity index (χ4n) is 2.12. The molecule has 6 heteroatoms. The Morgan fingerprint density at radius 3 is 1.40 bits per heavy atom. The molecule has 3 nitrogen and oxygen atoms in total. The summed E-state index contributed by atoms with van der Waals surface area (Å²) in [5.74, 6) is 0.948. The van der Waals surface area contributed by atoms with E-state index in [-0.39, 0.29) is 0 Å². The summed E-state index contributed by atoms with van der Waals surface area (Å²) in [7, 11) is 0. The number of benzene rings is 2. The van der Waals surface area contributed by atoms with Crippen LogP contribution in [0.5, 0.6) is 11.8 Å². The third-order valence-corrected chi connectivity index (χ3v) is 6.73. The standard InChI is InChI=1S/C19H14Br3NO2/c20-15-16(21)18(24-11-13-7-3-1-4-8-13)23-19(17(15)22)25-12-14-9-5-2-6-10-14/h1-10H,11-12H2. The van der Waals surface area contributed by atoms with Crippen molar-refractivity contribution in [2.24, 2.45) is 0 Å². The number of ether oxygens (including phenoxy) is 2. The van der Waals surface area contributed by atoms with Crippen molar-refractivity contribution in [3.8, 4) is 11.8 Å². The van der Waals surface area contributed by atoms with Crippen LogP contribution in [0.1, 0.15) is 11.1 Å². The van der Waals surface area contributed by atoms with Gasteiger partial charge in [0.05, 0.1) is 13.4 Å². The summed E-state index contributed by atoms with van der Waals surface area (Å²) in [6.45, 7) is 0.858. The molecule has 0 unspecified atom stereocenters. The molecule has 0 aliphatic rings. The van der Waals surface area contributed by atoms with Gasteiger partial charge in [-0.05, 0) is 58.9 Å². The Bertz CT molecular complexity index is 775. The van der Waals surface area contributed by atoms with Gasteiger partial charge in [-0.25, -0.2) is 0 Å². The molecular weight excluding hydrogens is 514 g/mol. The molecule has 0 bridgehead atoms. The molecule has 128 valence electrons. The number of hydrogen-bond acceptors (Lipinski definition) is 3. The largest absolute Gasteiger partial charge is 0.472 e. The third kappa shape index (κ3) is 4.84. The lowest BCUT2D eigenvalue weighted by Crippen LogP contribution is -2.03. The van der Waals surface area contributed by atoms with E-state index in [1.807, 2.05) is 60.7 Å². The molecule has 0 spiro atoms. The molecule has 2 aromatic carbocycles. The van der Waals surface area contributed by atoms with E-state index in [4.69, 9.17) is 9.47 Å². The first kappa shape index (κ1) is 18.4. The van der Waals surface area contributed by atoms with Gasteiger partial charge < -0.3 is 9.47 Å². The van der Waals surface area contributed by atoms with Crippen molar-refractivity contribution in [3.05, 3.63) is 85.2 Å². The first-order valence-electron chi connectivity index (χ1n) is 7.53. The van der Waals surface area contributed by atoms with Gasteiger partial charge in [0.1, 0.15) is 13.2 Å². The molecule has 1 aromatic heterocycles. The van der Waals surface area contributed by atoms with E-state index < -0.39 is 0 Å². The van der Waals surface area contributed by atoms with E-state index in [0.29, 0.717) is 25.0 Å². The third-order valence-electron chi connectivity index (χ3n) is 3.40. The molecule has 1 heterocycles. The minimum Gasteiger partial charge on any atom is -0.472 e. The highest BCUT2D eigenvalue weighted by Crippen LogP contribution is 2.41. The Balaban J connectivity index is 1.77. The molecule has 3 aromatic rings. The predicted octanol–water partition coefficient (Wildman–Crippen LogP) is 6.53. The average molecular weight is 528 g/mol. The smallest absolute Gasteiger partial charge is 0.232 e. The van der Waals surface area contributed by atoms with Crippen LogP contribution in [0.15, 0.2) is 74.1 Å². The summed E-state index contributed by atoms with van der Waals surface area (Å²) in [5.41, 5.74) is 2.14. The number of hydrogen-bond donors (Lipinski definition) is 0. The topological polar surface area (TPSA) is 31.4 Å². The van der Waals surface area contributed by atoms with Crippen molar-refractivity contribution in [2.75, 3.05) is 0 Å². The quantitative estimate of drug-likeness (QED) is 0.365. The molecule has 25 heavy (non-hydrogen) atoms. The second-order valence-corrected chi connectivity index (χ2v) is 7.59. The van der Waals surface area contributed by atoms with Gasteiger partial charge in [-0.2, -0.15) is 4.98 Å². The lowest BCUT2D eigenvalue weighted by Gasteiger charge is -2.14. The van der Waals surface area contributed by atoms with Crippen LogP contribution in [-0.2, 0) is 13.2 Å². The van der Waals surface area contributed by atoms with Crippen LogP contribution in [0, 0.1) is 0 Å². The van der Waals surface area contributed by atoms with Crippen LogP contribution in [-0.4, -0.2) is 4.98 Å². The van der Waals surface area contributed by atoms with E-state index in [1.54, 1.807) is 0 Å². The monoisotopic (exact) mass is 525 g/mol. The van der Waals surface area contributed by atoms with E-state index in [0.717, 1.165) is 24.5 Å². The van der Waals surface area contributed by atoms with Gasteiger partial charge in [-0.1, -0.05) is 60.7 Å². The van der Waals surface area contributed by atoms with Crippen LogP contribution in [0.2, 0.25) is 0 Å². The molecule has 0 aliphatic heterocycles. The fourth-order valence-corrected chi connectivity index (χ4v) is 3.53. The molecule has 3 rings (SSSR count). The molecule has 0 atom stereocenters. The highest BCUT2D eigenvalue weighted by atomic mass is 79.9. The van der Waals surface area contributed by atoms with Gasteiger partial charge in [-0.3, -0.25) is 0 Å². The van der Waals surface area contributed by atoms with Crippen LogP contribution in [0.25, 0.3) is 0 Å². The number of nitrogens with zero attached hydrogens (tertiary/aromatic N) is 1. The zero-order valence-corrected chi connectivity index (χ0v) is 17.8. The van der Waals surface area contributed by atoms with Crippen LogP contribution < -0.4 is 9.47 Å². The minimum atomic E-state index is 0.429. The maximum absolute atomic E-state index is 5.86. The summed E-state index contributed by atoms with van der Waals surface area (Å²) < 4.78 is 14.0.